The zero-order valence-electron chi connectivity index (χ0n) is 10.6. The van der Waals surface area contributed by atoms with Crippen LogP contribution in [0.5, 0.6) is 0 Å². The molecule has 0 aliphatic carbocycles. The van der Waals surface area contributed by atoms with Crippen molar-refractivity contribution in [2.75, 3.05) is 4.72 Å². The first-order valence-corrected chi connectivity index (χ1v) is 8.99. The van der Waals surface area contributed by atoms with Crippen LogP contribution in [-0.4, -0.2) is 19.5 Å². The van der Waals surface area contributed by atoms with E-state index < -0.39 is 16.0 Å². The van der Waals surface area contributed by atoms with Gasteiger partial charge in [-0.15, -0.1) is 11.3 Å². The highest BCUT2D eigenvalue weighted by molar-refractivity contribution is 9.11. The van der Waals surface area contributed by atoms with Gasteiger partial charge in [-0.1, -0.05) is 11.6 Å². The number of rotatable bonds is 4. The number of hydrogen-bond donors (Lipinski definition) is 2. The number of sulfonamides is 1. The van der Waals surface area contributed by atoms with Crippen molar-refractivity contribution < 1.29 is 18.3 Å². The zero-order valence-corrected chi connectivity index (χ0v) is 14.5. The highest BCUT2D eigenvalue weighted by Crippen LogP contribution is 2.32. The number of hydrogen-bond acceptors (Lipinski definition) is 4. The summed E-state index contributed by atoms with van der Waals surface area (Å²) in [5, 5.41) is 9.02. The molecule has 2 aromatic rings. The van der Waals surface area contributed by atoms with Crippen LogP contribution in [0.2, 0.25) is 5.02 Å². The van der Waals surface area contributed by atoms with E-state index in [1.807, 2.05) is 0 Å². The summed E-state index contributed by atoms with van der Waals surface area (Å²) in [6, 6.07) is 5.45. The lowest BCUT2D eigenvalue weighted by atomic mass is 10.2. The molecule has 0 fully saturated rings. The van der Waals surface area contributed by atoms with Gasteiger partial charge in [0.05, 0.1) is 14.4 Å². The van der Waals surface area contributed by atoms with Gasteiger partial charge in [-0.05, 0) is 52.7 Å². The lowest BCUT2D eigenvalue weighted by Gasteiger charge is -2.07. The highest BCUT2D eigenvalue weighted by atomic mass is 79.9. The molecule has 0 spiro atoms. The maximum absolute atomic E-state index is 12.2. The molecule has 2 N–H and O–H groups in total. The molecule has 9 heteroatoms. The largest absolute Gasteiger partial charge is 0.478 e. The summed E-state index contributed by atoms with van der Waals surface area (Å²) in [5.41, 5.74) is 0.780. The first-order chi connectivity index (χ1) is 9.70. The quantitative estimate of drug-likeness (QED) is 0.799. The number of halogens is 2. The van der Waals surface area contributed by atoms with Crippen molar-refractivity contribution in [3.8, 4) is 0 Å². The molecule has 0 unspecified atom stereocenters. The molecule has 1 aromatic carbocycles. The predicted molar refractivity (Wildman–Crippen MR) is 86.0 cm³/mol. The summed E-state index contributed by atoms with van der Waals surface area (Å²) < 4.78 is 27.7. The predicted octanol–water partition coefficient (Wildman–Crippen LogP) is 3.97. The van der Waals surface area contributed by atoms with E-state index in [9.17, 15) is 13.2 Å². The van der Waals surface area contributed by atoms with E-state index in [1.54, 1.807) is 6.92 Å². The van der Waals surface area contributed by atoms with E-state index in [1.165, 1.54) is 24.3 Å². The lowest BCUT2D eigenvalue weighted by Crippen LogP contribution is -2.12. The summed E-state index contributed by atoms with van der Waals surface area (Å²) in [7, 11) is -3.77. The first-order valence-electron chi connectivity index (χ1n) is 5.52. The van der Waals surface area contributed by atoms with E-state index in [4.69, 9.17) is 16.7 Å². The van der Waals surface area contributed by atoms with Gasteiger partial charge in [0.15, 0.2) is 0 Å². The smallest absolute Gasteiger partial charge is 0.337 e. The summed E-state index contributed by atoms with van der Waals surface area (Å²) in [5.74, 6) is -1.23. The number of carbonyl (C=O) groups is 1. The number of aryl methyl sites for hydroxylation is 1. The van der Waals surface area contributed by atoms with Crippen LogP contribution in [0.3, 0.4) is 0 Å². The number of anilines is 1. The topological polar surface area (TPSA) is 83.5 Å². The monoisotopic (exact) mass is 409 g/mol. The standard InChI is InChI=1S/C12H9BrClNO4S2/c1-6-4-10(20-11(6)13)21(18,19)15-7-2-3-9(14)8(5-7)12(16)17/h2-5,15H,1H3,(H,16,17). The highest BCUT2D eigenvalue weighted by Gasteiger charge is 2.19. The molecule has 0 radical (unpaired) electrons. The third-order valence-electron chi connectivity index (χ3n) is 2.55. The fourth-order valence-corrected chi connectivity index (χ4v) is 5.00. The van der Waals surface area contributed by atoms with Crippen LogP contribution < -0.4 is 4.72 Å². The molecule has 5 nitrogen and oxygen atoms in total. The first kappa shape index (κ1) is 16.3. The van der Waals surface area contributed by atoms with Gasteiger partial charge in [-0.2, -0.15) is 0 Å². The van der Waals surface area contributed by atoms with Crippen LogP contribution in [0, 0.1) is 6.92 Å². The number of thiophene rings is 1. The van der Waals surface area contributed by atoms with Crippen molar-refractivity contribution in [3.63, 3.8) is 0 Å². The van der Waals surface area contributed by atoms with E-state index in [-0.39, 0.29) is 20.5 Å². The van der Waals surface area contributed by atoms with Gasteiger partial charge < -0.3 is 5.11 Å². The molecule has 1 heterocycles. The number of carboxylic acid groups (broad SMARTS) is 1. The second-order valence-electron chi connectivity index (χ2n) is 4.13. The molecule has 0 saturated carbocycles. The van der Waals surface area contributed by atoms with Crippen molar-refractivity contribution in [1.29, 1.82) is 0 Å². The van der Waals surface area contributed by atoms with Gasteiger partial charge in [0, 0.05) is 5.69 Å². The summed E-state index contributed by atoms with van der Waals surface area (Å²) in [4.78, 5) is 11.0. The van der Waals surface area contributed by atoms with Gasteiger partial charge >= 0.3 is 5.97 Å². The molecule has 0 aliphatic heterocycles. The molecule has 21 heavy (non-hydrogen) atoms. The van der Waals surface area contributed by atoms with Crippen LogP contribution >= 0.6 is 38.9 Å². The van der Waals surface area contributed by atoms with Crippen molar-refractivity contribution >= 4 is 60.5 Å². The Morgan fingerprint density at radius 2 is 2.05 bits per heavy atom. The minimum absolute atomic E-state index is 0.0418. The minimum Gasteiger partial charge on any atom is -0.478 e. The Hall–Kier alpha value is -1.09. The van der Waals surface area contributed by atoms with Crippen LogP contribution in [0.25, 0.3) is 0 Å². The van der Waals surface area contributed by atoms with Crippen molar-refractivity contribution in [1.82, 2.24) is 0 Å². The van der Waals surface area contributed by atoms with E-state index in [0.717, 1.165) is 20.7 Å². The van der Waals surface area contributed by atoms with Gasteiger partial charge in [0.1, 0.15) is 4.21 Å². The Morgan fingerprint density at radius 1 is 1.38 bits per heavy atom. The van der Waals surface area contributed by atoms with E-state index >= 15 is 0 Å². The van der Waals surface area contributed by atoms with E-state index in [0.29, 0.717) is 0 Å². The fourth-order valence-electron chi connectivity index (χ4n) is 1.52. The van der Waals surface area contributed by atoms with Crippen LogP contribution in [0.15, 0.2) is 32.3 Å². The van der Waals surface area contributed by atoms with Gasteiger partial charge in [0.25, 0.3) is 10.0 Å². The molecular formula is C12H9BrClNO4S2. The maximum Gasteiger partial charge on any atom is 0.337 e. The average molecular weight is 411 g/mol. The van der Waals surface area contributed by atoms with Crippen molar-refractivity contribution in [3.05, 3.63) is 44.2 Å². The summed E-state index contributed by atoms with van der Waals surface area (Å²) >= 11 is 10.1. The van der Waals surface area contributed by atoms with E-state index in [2.05, 4.69) is 20.7 Å². The lowest BCUT2D eigenvalue weighted by molar-refractivity contribution is 0.0697. The maximum atomic E-state index is 12.2. The molecule has 0 bridgehead atoms. The average Bonchev–Trinajstić information content (AvgIpc) is 2.72. The summed E-state index contributed by atoms with van der Waals surface area (Å²) in [6.07, 6.45) is 0. The number of carboxylic acids is 1. The molecule has 0 saturated heterocycles. The third-order valence-corrected chi connectivity index (χ3v) is 6.87. The molecule has 0 aliphatic rings. The normalized spacial score (nSPS) is 11.4. The Balaban J connectivity index is 2.37. The molecule has 2 rings (SSSR count). The number of benzene rings is 1. The zero-order chi connectivity index (χ0) is 15.8. The Labute approximate surface area is 138 Å². The van der Waals surface area contributed by atoms with Crippen molar-refractivity contribution in [2.45, 2.75) is 11.1 Å². The third kappa shape index (κ3) is 3.57. The van der Waals surface area contributed by atoms with Gasteiger partial charge in [-0.25, -0.2) is 13.2 Å². The van der Waals surface area contributed by atoms with Gasteiger partial charge in [-0.3, -0.25) is 4.72 Å². The summed E-state index contributed by atoms with van der Waals surface area (Å²) in [6.45, 7) is 1.78. The Bertz CT molecular complexity index is 797. The van der Waals surface area contributed by atoms with Crippen molar-refractivity contribution in [2.24, 2.45) is 0 Å². The minimum atomic E-state index is -3.77. The molecular weight excluding hydrogens is 402 g/mol. The second kappa shape index (κ2) is 5.96. The fraction of sp³-hybridized carbons (Fsp3) is 0.0833. The molecule has 1 aromatic heterocycles. The SMILES string of the molecule is Cc1cc(S(=O)(=O)Nc2ccc(Cl)c(C(=O)O)c2)sc1Br. The Morgan fingerprint density at radius 3 is 2.57 bits per heavy atom. The van der Waals surface area contributed by atoms with Crippen LogP contribution in [-0.2, 0) is 10.0 Å². The molecule has 0 amide bonds. The molecule has 112 valence electrons. The number of aromatic carboxylic acids is 1. The Kier molecular flexibility index (Phi) is 4.62. The van der Waals surface area contributed by atoms with Gasteiger partial charge in [0.2, 0.25) is 0 Å². The van der Waals surface area contributed by atoms with Crippen LogP contribution in [0.4, 0.5) is 5.69 Å². The van der Waals surface area contributed by atoms with Crippen LogP contribution in [0.1, 0.15) is 15.9 Å². The molecule has 0 atom stereocenters. The number of nitrogens with one attached hydrogen (secondary N) is 1. The second-order valence-corrected chi connectivity index (χ2v) is 8.81.